The Morgan fingerprint density at radius 1 is 0.571 bits per heavy atom. The monoisotopic (exact) mass is 366 g/mol. The van der Waals surface area contributed by atoms with E-state index in [4.69, 9.17) is 0 Å². The fraction of sp³-hybridized carbons (Fsp3) is 0.357. The molecule has 0 fully saturated rings. The number of unbranched alkanes of at least 4 members (excludes halogenated alkanes) is 4. The highest BCUT2D eigenvalue weighted by Crippen LogP contribution is 2.26. The Kier molecular flexibility index (Phi) is 7.58. The molecule has 0 heteroatoms. The molecule has 3 rings (SSSR count). The van der Waals surface area contributed by atoms with Crippen LogP contribution in [0.25, 0.3) is 21.5 Å². The van der Waals surface area contributed by atoms with Crippen molar-refractivity contribution < 1.29 is 0 Å². The zero-order valence-electron chi connectivity index (χ0n) is 17.3. The zero-order valence-corrected chi connectivity index (χ0v) is 17.3. The fourth-order valence-electron chi connectivity index (χ4n) is 3.44. The molecule has 0 radical (unpaired) electrons. The van der Waals surface area contributed by atoms with E-state index in [9.17, 15) is 0 Å². The first-order valence-electron chi connectivity index (χ1n) is 10.7. The molecule has 0 bridgehead atoms. The maximum atomic E-state index is 3.39. The van der Waals surface area contributed by atoms with E-state index >= 15 is 0 Å². The maximum absolute atomic E-state index is 3.39. The Balaban J connectivity index is 1.94. The van der Waals surface area contributed by atoms with Gasteiger partial charge in [-0.2, -0.15) is 0 Å². The SMILES string of the molecule is CCCCC#CCc1cc2cc3ccccc3cc2cc1CC#CCCCC. The molecule has 0 aliphatic rings. The van der Waals surface area contributed by atoms with Crippen LogP contribution < -0.4 is 0 Å². The molecular weight excluding hydrogens is 336 g/mol. The third-order valence-corrected chi connectivity index (χ3v) is 5.14. The molecule has 0 aliphatic heterocycles. The third kappa shape index (κ3) is 5.41. The van der Waals surface area contributed by atoms with Gasteiger partial charge in [0.2, 0.25) is 0 Å². The standard InChI is InChI=1S/C28H30/c1-3-5-7-9-11-15-23-19-27-21-25-17-13-14-18-26(25)22-28(27)20-24(23)16-12-10-8-6-4-2/h13-14,17-22H,3-8,15-16H2,1-2H3. The second-order valence-corrected chi connectivity index (χ2v) is 7.44. The van der Waals surface area contributed by atoms with E-state index in [0.29, 0.717) is 0 Å². The lowest BCUT2D eigenvalue weighted by atomic mass is 9.95. The minimum Gasteiger partial charge on any atom is -0.103 e. The summed E-state index contributed by atoms with van der Waals surface area (Å²) in [5.41, 5.74) is 2.66. The number of hydrogen-bond donors (Lipinski definition) is 0. The van der Waals surface area contributed by atoms with E-state index in [2.05, 4.69) is 86.1 Å². The second-order valence-electron chi connectivity index (χ2n) is 7.44. The smallest absolute Gasteiger partial charge is 0.0343 e. The number of benzene rings is 3. The highest BCUT2D eigenvalue weighted by atomic mass is 14.1. The average Bonchev–Trinajstić information content (AvgIpc) is 2.72. The van der Waals surface area contributed by atoms with Gasteiger partial charge in [0.05, 0.1) is 0 Å². The summed E-state index contributed by atoms with van der Waals surface area (Å²) < 4.78 is 0. The highest BCUT2D eigenvalue weighted by Gasteiger charge is 2.05. The lowest BCUT2D eigenvalue weighted by Crippen LogP contribution is -1.94. The van der Waals surface area contributed by atoms with E-state index in [1.54, 1.807) is 0 Å². The van der Waals surface area contributed by atoms with Gasteiger partial charge in [0.15, 0.2) is 0 Å². The number of fused-ring (bicyclic) bond motifs is 2. The molecule has 28 heavy (non-hydrogen) atoms. The van der Waals surface area contributed by atoms with Crippen molar-refractivity contribution >= 4 is 21.5 Å². The van der Waals surface area contributed by atoms with Crippen LogP contribution in [-0.4, -0.2) is 0 Å². The van der Waals surface area contributed by atoms with Crippen molar-refractivity contribution in [1.29, 1.82) is 0 Å². The molecule has 0 N–H and O–H groups in total. The summed E-state index contributed by atoms with van der Waals surface area (Å²) in [6.45, 7) is 4.43. The molecule has 3 aromatic carbocycles. The molecule has 0 unspecified atom stereocenters. The van der Waals surface area contributed by atoms with Crippen LogP contribution in [0.1, 0.15) is 63.5 Å². The van der Waals surface area contributed by atoms with Gasteiger partial charge >= 0.3 is 0 Å². The Morgan fingerprint density at radius 2 is 1.04 bits per heavy atom. The number of hydrogen-bond acceptors (Lipinski definition) is 0. The van der Waals surface area contributed by atoms with Gasteiger partial charge < -0.3 is 0 Å². The Bertz CT molecular complexity index is 962. The van der Waals surface area contributed by atoms with Crippen molar-refractivity contribution in [3.05, 3.63) is 59.7 Å². The van der Waals surface area contributed by atoms with E-state index in [-0.39, 0.29) is 0 Å². The Morgan fingerprint density at radius 3 is 1.46 bits per heavy atom. The summed E-state index contributed by atoms with van der Waals surface area (Å²) in [6.07, 6.45) is 8.42. The van der Waals surface area contributed by atoms with Crippen molar-refractivity contribution in [2.75, 3.05) is 0 Å². The van der Waals surface area contributed by atoms with Crippen LogP contribution in [0.5, 0.6) is 0 Å². The van der Waals surface area contributed by atoms with Gasteiger partial charge in [0.25, 0.3) is 0 Å². The predicted molar refractivity (Wildman–Crippen MR) is 123 cm³/mol. The first-order valence-corrected chi connectivity index (χ1v) is 10.7. The van der Waals surface area contributed by atoms with Gasteiger partial charge in [-0.25, -0.2) is 0 Å². The summed E-state index contributed by atoms with van der Waals surface area (Å²) >= 11 is 0. The lowest BCUT2D eigenvalue weighted by Gasteiger charge is -2.09. The van der Waals surface area contributed by atoms with E-state index in [1.165, 1.54) is 58.4 Å². The minimum atomic E-state index is 0.818. The quantitative estimate of drug-likeness (QED) is 0.241. The van der Waals surface area contributed by atoms with Crippen LogP contribution in [0.2, 0.25) is 0 Å². The topological polar surface area (TPSA) is 0 Å². The molecule has 0 spiro atoms. The van der Waals surface area contributed by atoms with Crippen LogP contribution in [0.3, 0.4) is 0 Å². The van der Waals surface area contributed by atoms with Crippen LogP contribution in [0.4, 0.5) is 0 Å². The van der Waals surface area contributed by atoms with Gasteiger partial charge in [-0.05, 0) is 69.8 Å². The van der Waals surface area contributed by atoms with Gasteiger partial charge in [0, 0.05) is 25.7 Å². The molecule has 0 aliphatic carbocycles. The van der Waals surface area contributed by atoms with E-state index in [1.807, 2.05) is 0 Å². The second kappa shape index (κ2) is 10.6. The van der Waals surface area contributed by atoms with E-state index < -0.39 is 0 Å². The predicted octanol–water partition coefficient (Wildman–Crippen LogP) is 7.47. The normalized spacial score (nSPS) is 10.4. The molecule has 0 nitrogen and oxygen atoms in total. The van der Waals surface area contributed by atoms with Gasteiger partial charge in [-0.3, -0.25) is 0 Å². The number of rotatable bonds is 6. The Hall–Kier alpha value is -2.70. The Labute approximate surface area is 170 Å². The molecule has 3 aromatic rings. The molecule has 142 valence electrons. The molecule has 0 saturated carbocycles. The largest absolute Gasteiger partial charge is 0.103 e. The third-order valence-electron chi connectivity index (χ3n) is 5.14. The molecule has 0 amide bonds. The van der Waals surface area contributed by atoms with Crippen molar-refractivity contribution in [3.8, 4) is 23.7 Å². The molecule has 0 aromatic heterocycles. The summed E-state index contributed by atoms with van der Waals surface area (Å²) in [7, 11) is 0. The molecule has 0 saturated heterocycles. The summed E-state index contributed by atoms with van der Waals surface area (Å²) in [5.74, 6) is 13.5. The van der Waals surface area contributed by atoms with Crippen molar-refractivity contribution in [2.45, 2.75) is 65.2 Å². The first kappa shape index (κ1) is 20.0. The van der Waals surface area contributed by atoms with Gasteiger partial charge in [0.1, 0.15) is 0 Å². The lowest BCUT2D eigenvalue weighted by molar-refractivity contribution is 0.827. The van der Waals surface area contributed by atoms with Crippen molar-refractivity contribution in [2.24, 2.45) is 0 Å². The molecular formula is C28H30. The van der Waals surface area contributed by atoms with E-state index in [0.717, 1.165) is 25.7 Å². The van der Waals surface area contributed by atoms with Crippen LogP contribution in [0.15, 0.2) is 48.5 Å². The van der Waals surface area contributed by atoms with Crippen LogP contribution in [-0.2, 0) is 12.8 Å². The highest BCUT2D eigenvalue weighted by molar-refractivity contribution is 5.98. The summed E-state index contributed by atoms with van der Waals surface area (Å²) in [5, 5.41) is 5.18. The average molecular weight is 367 g/mol. The van der Waals surface area contributed by atoms with Crippen molar-refractivity contribution in [3.63, 3.8) is 0 Å². The zero-order chi connectivity index (χ0) is 19.6. The van der Waals surface area contributed by atoms with Crippen LogP contribution >= 0.6 is 0 Å². The molecule has 0 atom stereocenters. The first-order chi connectivity index (χ1) is 13.8. The van der Waals surface area contributed by atoms with Gasteiger partial charge in [-0.15, -0.1) is 11.8 Å². The minimum absolute atomic E-state index is 0.818. The summed E-state index contributed by atoms with van der Waals surface area (Å²) in [4.78, 5) is 0. The molecule has 0 heterocycles. The summed E-state index contributed by atoms with van der Waals surface area (Å²) in [6, 6.07) is 17.9. The van der Waals surface area contributed by atoms with Gasteiger partial charge in [-0.1, -0.05) is 62.8 Å². The van der Waals surface area contributed by atoms with Crippen molar-refractivity contribution in [1.82, 2.24) is 0 Å². The fourth-order valence-corrected chi connectivity index (χ4v) is 3.44. The maximum Gasteiger partial charge on any atom is 0.0343 e. The van der Waals surface area contributed by atoms with Crippen LogP contribution in [0, 0.1) is 23.7 Å².